The molecule has 4 nitrogen and oxygen atoms in total. The Morgan fingerprint density at radius 2 is 1.70 bits per heavy atom. The molecule has 23 heavy (non-hydrogen) atoms. The second-order valence-corrected chi connectivity index (χ2v) is 7.88. The zero-order valence-corrected chi connectivity index (χ0v) is 14.8. The first-order chi connectivity index (χ1) is 10.8. The lowest BCUT2D eigenvalue weighted by molar-refractivity contribution is 0.0130. The molecular formula is C19H28N2O2. The Balaban J connectivity index is 1.65. The first-order valence-electron chi connectivity index (χ1n) is 8.62. The van der Waals surface area contributed by atoms with Crippen LogP contribution in [-0.2, 0) is 4.74 Å². The number of hydrogen-bond acceptors (Lipinski definition) is 3. The number of benzene rings is 1. The molecule has 0 N–H and O–H groups in total. The number of anilines is 1. The van der Waals surface area contributed by atoms with Crippen molar-refractivity contribution in [1.29, 1.82) is 0 Å². The highest BCUT2D eigenvalue weighted by atomic mass is 16.6. The number of carbonyl (C=O) groups excluding carboxylic acids is 1. The van der Waals surface area contributed by atoms with Crippen molar-refractivity contribution in [1.82, 2.24) is 4.90 Å². The Labute approximate surface area is 139 Å². The third kappa shape index (κ3) is 3.17. The Morgan fingerprint density at radius 3 is 2.22 bits per heavy atom. The first kappa shape index (κ1) is 16.2. The van der Waals surface area contributed by atoms with Gasteiger partial charge in [-0.05, 0) is 58.6 Å². The van der Waals surface area contributed by atoms with Crippen molar-refractivity contribution < 1.29 is 9.53 Å². The van der Waals surface area contributed by atoms with Crippen LogP contribution in [0.1, 0.15) is 45.6 Å². The Bertz CT molecular complexity index is 583. The molecule has 2 saturated heterocycles. The number of piperidine rings is 1. The summed E-state index contributed by atoms with van der Waals surface area (Å²) in [5, 5.41) is 0. The van der Waals surface area contributed by atoms with Gasteiger partial charge in [-0.1, -0.05) is 18.2 Å². The molecule has 0 atom stereocenters. The molecule has 1 amide bonds. The predicted molar refractivity (Wildman–Crippen MR) is 92.9 cm³/mol. The number of rotatable bonds is 1. The Morgan fingerprint density at radius 1 is 1.09 bits per heavy atom. The summed E-state index contributed by atoms with van der Waals surface area (Å²) in [6, 6.07) is 8.61. The molecule has 2 heterocycles. The van der Waals surface area contributed by atoms with Crippen LogP contribution < -0.4 is 4.90 Å². The summed E-state index contributed by atoms with van der Waals surface area (Å²) >= 11 is 0. The van der Waals surface area contributed by atoms with Gasteiger partial charge in [0.1, 0.15) is 5.60 Å². The fourth-order valence-corrected chi connectivity index (χ4v) is 3.73. The molecule has 0 unspecified atom stereocenters. The molecular weight excluding hydrogens is 288 g/mol. The number of likely N-dealkylation sites (tertiary alicyclic amines) is 1. The maximum atomic E-state index is 12.2. The zero-order chi connectivity index (χ0) is 16.7. The van der Waals surface area contributed by atoms with Crippen molar-refractivity contribution in [3.63, 3.8) is 0 Å². The molecule has 3 rings (SSSR count). The van der Waals surface area contributed by atoms with Crippen molar-refractivity contribution in [2.75, 3.05) is 24.5 Å². The minimum Gasteiger partial charge on any atom is -0.444 e. The van der Waals surface area contributed by atoms with E-state index in [0.717, 1.165) is 32.5 Å². The van der Waals surface area contributed by atoms with Gasteiger partial charge >= 0.3 is 6.09 Å². The molecule has 2 aliphatic heterocycles. The average molecular weight is 316 g/mol. The van der Waals surface area contributed by atoms with Crippen molar-refractivity contribution in [2.45, 2.75) is 58.1 Å². The molecule has 2 fully saturated rings. The SMILES string of the molecule is Cc1ccccc1N1CCC12CCN(C(=O)OC(C)(C)C)CC2. The monoisotopic (exact) mass is 316 g/mol. The molecule has 0 saturated carbocycles. The lowest BCUT2D eigenvalue weighted by Gasteiger charge is -2.58. The minimum absolute atomic E-state index is 0.172. The number of amides is 1. The number of nitrogens with zero attached hydrogens (tertiary/aromatic N) is 2. The van der Waals surface area contributed by atoms with Gasteiger partial charge in [0, 0.05) is 30.9 Å². The number of aryl methyl sites for hydroxylation is 1. The molecule has 1 aromatic carbocycles. The lowest BCUT2D eigenvalue weighted by Crippen LogP contribution is -2.65. The lowest BCUT2D eigenvalue weighted by atomic mass is 9.75. The molecule has 2 aliphatic rings. The molecule has 126 valence electrons. The van der Waals surface area contributed by atoms with Crippen LogP contribution in [-0.4, -0.2) is 41.8 Å². The smallest absolute Gasteiger partial charge is 0.410 e. The van der Waals surface area contributed by atoms with E-state index in [1.54, 1.807) is 0 Å². The van der Waals surface area contributed by atoms with E-state index in [2.05, 4.69) is 36.1 Å². The molecule has 0 bridgehead atoms. The van der Waals surface area contributed by atoms with Crippen LogP contribution in [0.25, 0.3) is 0 Å². The van der Waals surface area contributed by atoms with Gasteiger partial charge in [0.25, 0.3) is 0 Å². The van der Waals surface area contributed by atoms with E-state index in [9.17, 15) is 4.79 Å². The minimum atomic E-state index is -0.421. The maximum Gasteiger partial charge on any atom is 0.410 e. The number of carbonyl (C=O) groups is 1. The van der Waals surface area contributed by atoms with Crippen molar-refractivity contribution >= 4 is 11.8 Å². The third-order valence-corrected chi connectivity index (χ3v) is 5.13. The maximum absolute atomic E-state index is 12.2. The quantitative estimate of drug-likeness (QED) is 0.786. The number of para-hydroxylation sites is 1. The highest BCUT2D eigenvalue weighted by molar-refractivity contribution is 5.68. The van der Waals surface area contributed by atoms with Crippen molar-refractivity contribution in [3.8, 4) is 0 Å². The van der Waals surface area contributed by atoms with Gasteiger partial charge < -0.3 is 14.5 Å². The second-order valence-electron chi connectivity index (χ2n) is 7.88. The van der Waals surface area contributed by atoms with Crippen LogP contribution in [0.3, 0.4) is 0 Å². The van der Waals surface area contributed by atoms with Crippen LogP contribution in [0.5, 0.6) is 0 Å². The Kier molecular flexibility index (Phi) is 4.03. The van der Waals surface area contributed by atoms with E-state index < -0.39 is 5.60 Å². The molecule has 0 aliphatic carbocycles. The highest BCUT2D eigenvalue weighted by Gasteiger charge is 2.47. The molecule has 1 aromatic rings. The van der Waals surface area contributed by atoms with Gasteiger partial charge in [0.2, 0.25) is 0 Å². The number of ether oxygens (including phenoxy) is 1. The fourth-order valence-electron chi connectivity index (χ4n) is 3.73. The zero-order valence-electron chi connectivity index (χ0n) is 14.8. The largest absolute Gasteiger partial charge is 0.444 e. The molecule has 0 aromatic heterocycles. The van der Waals surface area contributed by atoms with Gasteiger partial charge in [0.05, 0.1) is 0 Å². The van der Waals surface area contributed by atoms with Crippen LogP contribution in [0.15, 0.2) is 24.3 Å². The van der Waals surface area contributed by atoms with Crippen LogP contribution in [0.2, 0.25) is 0 Å². The topological polar surface area (TPSA) is 32.8 Å². The highest BCUT2D eigenvalue weighted by Crippen LogP contribution is 2.44. The van der Waals surface area contributed by atoms with Crippen LogP contribution >= 0.6 is 0 Å². The summed E-state index contributed by atoms with van der Waals surface area (Å²) in [5.41, 5.74) is 2.51. The van der Waals surface area contributed by atoms with E-state index in [1.165, 1.54) is 17.7 Å². The summed E-state index contributed by atoms with van der Waals surface area (Å²) in [4.78, 5) is 16.6. The summed E-state index contributed by atoms with van der Waals surface area (Å²) in [6.07, 6.45) is 3.11. The van der Waals surface area contributed by atoms with E-state index in [1.807, 2.05) is 25.7 Å². The summed E-state index contributed by atoms with van der Waals surface area (Å²) in [7, 11) is 0. The van der Waals surface area contributed by atoms with E-state index in [0.29, 0.717) is 0 Å². The Hall–Kier alpha value is -1.71. The van der Waals surface area contributed by atoms with Gasteiger partial charge in [-0.2, -0.15) is 0 Å². The van der Waals surface area contributed by atoms with E-state index in [4.69, 9.17) is 4.74 Å². The van der Waals surface area contributed by atoms with E-state index >= 15 is 0 Å². The van der Waals surface area contributed by atoms with Crippen LogP contribution in [0, 0.1) is 6.92 Å². The fraction of sp³-hybridized carbons (Fsp3) is 0.632. The molecule has 1 spiro atoms. The summed E-state index contributed by atoms with van der Waals surface area (Å²) < 4.78 is 5.50. The molecule has 0 radical (unpaired) electrons. The van der Waals surface area contributed by atoms with Crippen molar-refractivity contribution in [2.24, 2.45) is 0 Å². The standard InChI is InChI=1S/C19H28N2O2/c1-15-7-5-6-8-16(15)21-14-11-19(21)9-12-20(13-10-19)17(22)23-18(2,3)4/h5-8H,9-14H2,1-4H3. The first-order valence-corrected chi connectivity index (χ1v) is 8.62. The third-order valence-electron chi connectivity index (χ3n) is 5.13. The van der Waals surface area contributed by atoms with Gasteiger partial charge in [-0.25, -0.2) is 4.79 Å². The predicted octanol–water partition coefficient (Wildman–Crippen LogP) is 3.97. The second kappa shape index (κ2) is 5.73. The summed E-state index contributed by atoms with van der Waals surface area (Å²) in [6.45, 7) is 10.6. The van der Waals surface area contributed by atoms with Gasteiger partial charge in [-0.3, -0.25) is 0 Å². The average Bonchev–Trinajstić information content (AvgIpc) is 2.47. The summed E-state index contributed by atoms with van der Waals surface area (Å²) in [5.74, 6) is 0. The number of hydrogen-bond donors (Lipinski definition) is 0. The van der Waals surface area contributed by atoms with Gasteiger partial charge in [0.15, 0.2) is 0 Å². The van der Waals surface area contributed by atoms with Gasteiger partial charge in [-0.15, -0.1) is 0 Å². The van der Waals surface area contributed by atoms with E-state index in [-0.39, 0.29) is 11.6 Å². The normalized spacial score (nSPS) is 20.3. The van der Waals surface area contributed by atoms with Crippen LogP contribution in [0.4, 0.5) is 10.5 Å². The molecule has 4 heteroatoms. The van der Waals surface area contributed by atoms with Crippen molar-refractivity contribution in [3.05, 3.63) is 29.8 Å².